The van der Waals surface area contributed by atoms with Gasteiger partial charge in [0, 0.05) is 16.3 Å². The maximum Gasteiger partial charge on any atom is 0.305 e. The van der Waals surface area contributed by atoms with E-state index in [9.17, 15) is 9.90 Å². The van der Waals surface area contributed by atoms with Gasteiger partial charge in [-0.05, 0) is 37.5 Å². The molecule has 0 aromatic carbocycles. The standard InChI is InChI=1S/C22H36FIO4/c1-4-5-6-8-15(25)11-12-16-14(2)13-18-20(16)21(23)22(28-18)17(24)9-7-10-19(26)27-3/h11-12,14-18,20-22,25H,4-10,13H2,1-3H3/b12-11+/t14-,15+,16+,17?,18+,20-,21?,22?/m1/s1. The first-order chi connectivity index (χ1) is 13.4. The van der Waals surface area contributed by atoms with Crippen LogP contribution in [0.5, 0.6) is 0 Å². The first-order valence-corrected chi connectivity index (χ1v) is 12.0. The van der Waals surface area contributed by atoms with Crippen molar-refractivity contribution in [2.24, 2.45) is 17.8 Å². The van der Waals surface area contributed by atoms with Crippen molar-refractivity contribution >= 4 is 28.6 Å². The summed E-state index contributed by atoms with van der Waals surface area (Å²) in [4.78, 5) is 11.3. The summed E-state index contributed by atoms with van der Waals surface area (Å²) in [5.41, 5.74) is 0. The van der Waals surface area contributed by atoms with Crippen LogP contribution in [-0.2, 0) is 14.3 Å². The van der Waals surface area contributed by atoms with E-state index in [1.54, 1.807) is 0 Å². The summed E-state index contributed by atoms with van der Waals surface area (Å²) in [6, 6.07) is 0. The van der Waals surface area contributed by atoms with Crippen LogP contribution in [0.3, 0.4) is 0 Å². The van der Waals surface area contributed by atoms with Crippen molar-refractivity contribution in [3.05, 3.63) is 12.2 Å². The van der Waals surface area contributed by atoms with E-state index in [0.717, 1.165) is 38.5 Å². The lowest BCUT2D eigenvalue weighted by atomic mass is 9.85. The Labute approximate surface area is 182 Å². The van der Waals surface area contributed by atoms with Gasteiger partial charge in [0.25, 0.3) is 0 Å². The van der Waals surface area contributed by atoms with Crippen LogP contribution < -0.4 is 0 Å². The van der Waals surface area contributed by atoms with Gasteiger partial charge in [0.05, 0.1) is 19.3 Å². The molecule has 0 spiro atoms. The molecule has 1 heterocycles. The third-order valence-corrected chi connectivity index (χ3v) is 7.58. The van der Waals surface area contributed by atoms with Crippen molar-refractivity contribution in [1.82, 2.24) is 0 Å². The van der Waals surface area contributed by atoms with Crippen LogP contribution in [0.2, 0.25) is 0 Å². The molecule has 162 valence electrons. The quantitative estimate of drug-likeness (QED) is 0.140. The fraction of sp³-hybridized carbons (Fsp3) is 0.864. The number of rotatable bonds is 11. The Bertz CT molecular complexity index is 515. The topological polar surface area (TPSA) is 55.8 Å². The number of fused-ring (bicyclic) bond motifs is 1. The number of carbonyl (C=O) groups excluding carboxylic acids is 1. The second-order valence-electron chi connectivity index (χ2n) is 8.38. The van der Waals surface area contributed by atoms with Crippen molar-refractivity contribution in [1.29, 1.82) is 0 Å². The number of esters is 1. The molecule has 1 aliphatic carbocycles. The largest absolute Gasteiger partial charge is 0.469 e. The Hall–Kier alpha value is -0.210. The number of hydrogen-bond donors (Lipinski definition) is 1. The van der Waals surface area contributed by atoms with Gasteiger partial charge < -0.3 is 14.6 Å². The molecule has 3 unspecified atom stereocenters. The van der Waals surface area contributed by atoms with E-state index in [0.29, 0.717) is 18.8 Å². The molecule has 1 saturated heterocycles. The van der Waals surface area contributed by atoms with Gasteiger partial charge in [0.2, 0.25) is 0 Å². The van der Waals surface area contributed by atoms with Crippen LogP contribution in [0.15, 0.2) is 12.2 Å². The molecule has 6 heteroatoms. The SMILES string of the molecule is CCCCC[C@H](O)/C=C/[C@@H]1[C@H]2C(F)C(C(I)CCCC(=O)OC)O[C@H]2C[C@H]1C. The number of halogens is 2. The van der Waals surface area contributed by atoms with E-state index < -0.39 is 18.4 Å². The number of methoxy groups -OCH3 is 1. The van der Waals surface area contributed by atoms with Gasteiger partial charge in [-0.3, -0.25) is 4.79 Å². The number of allylic oxidation sites excluding steroid dienone is 1. The number of hydrogen-bond acceptors (Lipinski definition) is 4. The molecule has 1 aliphatic heterocycles. The minimum Gasteiger partial charge on any atom is -0.469 e. The molecule has 0 aromatic rings. The normalized spacial score (nSPS) is 34.5. The number of alkyl halides is 2. The Kier molecular flexibility index (Phi) is 10.2. The number of aliphatic hydroxyl groups excluding tert-OH is 1. The van der Waals surface area contributed by atoms with Crippen molar-refractivity contribution in [3.8, 4) is 0 Å². The summed E-state index contributed by atoms with van der Waals surface area (Å²) in [5, 5.41) is 10.2. The molecular weight excluding hydrogens is 474 g/mol. The summed E-state index contributed by atoms with van der Waals surface area (Å²) in [6.45, 7) is 4.30. The van der Waals surface area contributed by atoms with E-state index in [1.165, 1.54) is 7.11 Å². The molecule has 8 atom stereocenters. The third-order valence-electron chi connectivity index (χ3n) is 6.25. The molecule has 2 aliphatic rings. The average Bonchev–Trinajstić information content (AvgIpc) is 3.15. The Morgan fingerprint density at radius 1 is 1.36 bits per heavy atom. The number of unbranched alkanes of at least 4 members (excludes halogenated alkanes) is 2. The monoisotopic (exact) mass is 510 g/mol. The van der Waals surface area contributed by atoms with Crippen LogP contribution in [-0.4, -0.2) is 46.6 Å². The summed E-state index contributed by atoms with van der Waals surface area (Å²) in [7, 11) is 1.39. The highest BCUT2D eigenvalue weighted by molar-refractivity contribution is 14.1. The van der Waals surface area contributed by atoms with Crippen LogP contribution in [0.1, 0.15) is 65.2 Å². The first kappa shape index (κ1) is 24.1. The molecule has 0 radical (unpaired) electrons. The molecular formula is C22H36FIO4. The van der Waals surface area contributed by atoms with Gasteiger partial charge in [-0.1, -0.05) is 67.9 Å². The minimum absolute atomic E-state index is 0.0419. The third kappa shape index (κ3) is 6.39. The van der Waals surface area contributed by atoms with Crippen molar-refractivity contribution in [3.63, 3.8) is 0 Å². The molecule has 2 fully saturated rings. The maximum atomic E-state index is 15.3. The predicted molar refractivity (Wildman–Crippen MR) is 117 cm³/mol. The number of aliphatic hydroxyl groups is 1. The second kappa shape index (κ2) is 11.8. The van der Waals surface area contributed by atoms with Gasteiger partial charge >= 0.3 is 5.97 Å². The second-order valence-corrected chi connectivity index (χ2v) is 9.98. The molecule has 2 rings (SSSR count). The molecule has 0 amide bonds. The summed E-state index contributed by atoms with van der Waals surface area (Å²) in [5.74, 6) is 0.128. The fourth-order valence-corrected chi connectivity index (χ4v) is 5.64. The molecule has 0 bridgehead atoms. The van der Waals surface area contributed by atoms with E-state index in [1.807, 2.05) is 12.2 Å². The Balaban J connectivity index is 1.89. The zero-order valence-corrected chi connectivity index (χ0v) is 19.5. The van der Waals surface area contributed by atoms with Gasteiger partial charge in [0.15, 0.2) is 0 Å². The minimum atomic E-state index is -0.998. The predicted octanol–water partition coefficient (Wildman–Crippen LogP) is 5.01. The molecule has 28 heavy (non-hydrogen) atoms. The van der Waals surface area contributed by atoms with Crippen LogP contribution in [0.4, 0.5) is 4.39 Å². The summed E-state index contributed by atoms with van der Waals surface area (Å²) >= 11 is 2.27. The van der Waals surface area contributed by atoms with Crippen LogP contribution >= 0.6 is 22.6 Å². The van der Waals surface area contributed by atoms with Gasteiger partial charge in [-0.25, -0.2) is 4.39 Å². The van der Waals surface area contributed by atoms with Gasteiger partial charge in [-0.15, -0.1) is 0 Å². The van der Waals surface area contributed by atoms with Crippen LogP contribution in [0, 0.1) is 17.8 Å². The van der Waals surface area contributed by atoms with Crippen molar-refractivity contribution < 1.29 is 23.8 Å². The van der Waals surface area contributed by atoms with Crippen molar-refractivity contribution in [2.45, 2.75) is 93.6 Å². The molecule has 1 N–H and O–H groups in total. The summed E-state index contributed by atoms with van der Waals surface area (Å²) in [6.07, 6.45) is 8.75. The van der Waals surface area contributed by atoms with E-state index >= 15 is 4.39 Å². The highest BCUT2D eigenvalue weighted by Crippen LogP contribution is 2.50. The zero-order chi connectivity index (χ0) is 20.7. The van der Waals surface area contributed by atoms with E-state index in [-0.39, 0.29) is 27.8 Å². The average molecular weight is 510 g/mol. The van der Waals surface area contributed by atoms with Gasteiger partial charge in [-0.2, -0.15) is 0 Å². The molecule has 0 aromatic heterocycles. The Morgan fingerprint density at radius 3 is 2.79 bits per heavy atom. The summed E-state index contributed by atoms with van der Waals surface area (Å²) < 4.78 is 26.2. The van der Waals surface area contributed by atoms with Crippen LogP contribution in [0.25, 0.3) is 0 Å². The zero-order valence-electron chi connectivity index (χ0n) is 17.4. The maximum absolute atomic E-state index is 15.3. The lowest BCUT2D eigenvalue weighted by Crippen LogP contribution is -2.33. The molecule has 4 nitrogen and oxygen atoms in total. The number of ether oxygens (including phenoxy) is 2. The Morgan fingerprint density at radius 2 is 2.11 bits per heavy atom. The smallest absolute Gasteiger partial charge is 0.305 e. The van der Waals surface area contributed by atoms with E-state index in [2.05, 4.69) is 41.2 Å². The van der Waals surface area contributed by atoms with Crippen molar-refractivity contribution in [2.75, 3.05) is 7.11 Å². The fourth-order valence-electron chi connectivity index (χ4n) is 4.63. The highest BCUT2D eigenvalue weighted by atomic mass is 127. The number of carbonyl (C=O) groups is 1. The first-order valence-electron chi connectivity index (χ1n) is 10.8. The lowest BCUT2D eigenvalue weighted by Gasteiger charge is -2.25. The van der Waals surface area contributed by atoms with E-state index in [4.69, 9.17) is 4.74 Å². The molecule has 1 saturated carbocycles. The van der Waals surface area contributed by atoms with Gasteiger partial charge in [0.1, 0.15) is 12.3 Å². The lowest BCUT2D eigenvalue weighted by molar-refractivity contribution is -0.140. The highest BCUT2D eigenvalue weighted by Gasteiger charge is 2.55.